The van der Waals surface area contributed by atoms with Crippen LogP contribution in [0, 0.1) is 11.8 Å². The first-order valence-electron chi connectivity index (χ1n) is 7.18. The third kappa shape index (κ3) is 2.88. The van der Waals surface area contributed by atoms with Gasteiger partial charge in [0.25, 0.3) is 0 Å². The smallest absolute Gasteiger partial charge is 0.222 e. The molecule has 2 aromatic carbocycles. The molecule has 0 saturated carbocycles. The molecule has 0 radical (unpaired) electrons. The number of aromatic nitrogens is 2. The first kappa shape index (κ1) is 15.4. The molecule has 4 N–H and O–H groups in total. The third-order valence-electron chi connectivity index (χ3n) is 3.48. The Bertz CT molecular complexity index is 974. The molecule has 0 aliphatic rings. The molecule has 3 rings (SSSR count). The van der Waals surface area contributed by atoms with Crippen LogP contribution in [-0.4, -0.2) is 24.2 Å². The molecular formula is C18H16N4O2. The highest BCUT2D eigenvalue weighted by molar-refractivity contribution is 5.95. The van der Waals surface area contributed by atoms with Crippen LogP contribution in [-0.2, 0) is 0 Å². The molecule has 6 nitrogen and oxygen atoms in total. The number of methoxy groups -OCH3 is 2. The zero-order chi connectivity index (χ0) is 17.1. The summed E-state index contributed by atoms with van der Waals surface area (Å²) < 4.78 is 10.7. The van der Waals surface area contributed by atoms with Gasteiger partial charge in [-0.3, -0.25) is 0 Å². The number of nitrogens with zero attached hydrogens (tertiary/aromatic N) is 2. The second kappa shape index (κ2) is 6.34. The van der Waals surface area contributed by atoms with Gasteiger partial charge in [0, 0.05) is 5.56 Å². The number of hydrogen-bond donors (Lipinski definition) is 2. The van der Waals surface area contributed by atoms with E-state index in [1.54, 1.807) is 26.4 Å². The summed E-state index contributed by atoms with van der Waals surface area (Å²) in [5, 5.41) is 0.620. The van der Waals surface area contributed by atoms with Gasteiger partial charge in [0.05, 0.1) is 30.7 Å². The highest BCUT2D eigenvalue weighted by Gasteiger charge is 2.10. The molecule has 1 heterocycles. The van der Waals surface area contributed by atoms with Crippen molar-refractivity contribution in [2.24, 2.45) is 0 Å². The summed E-state index contributed by atoms with van der Waals surface area (Å²) >= 11 is 0. The standard InChI is InChI=1S/C18H16N4O2/c1-23-14-6-4-3-5-12(14)8-7-11-9-13-16(15(10-11)24-2)17(19)22-18(20)21-13/h3-6,9-10H,1-2H3,(H4,19,20,21,22). The molecule has 0 unspecified atom stereocenters. The summed E-state index contributed by atoms with van der Waals surface area (Å²) in [6, 6.07) is 11.1. The normalized spacial score (nSPS) is 10.1. The first-order chi connectivity index (χ1) is 11.6. The van der Waals surface area contributed by atoms with Crippen molar-refractivity contribution in [3.05, 3.63) is 47.5 Å². The molecule has 0 bridgehead atoms. The number of ether oxygens (including phenoxy) is 2. The van der Waals surface area contributed by atoms with E-state index in [0.717, 1.165) is 11.1 Å². The van der Waals surface area contributed by atoms with Crippen LogP contribution < -0.4 is 20.9 Å². The Balaban J connectivity index is 2.13. The zero-order valence-corrected chi connectivity index (χ0v) is 13.3. The molecule has 0 spiro atoms. The van der Waals surface area contributed by atoms with Crippen molar-refractivity contribution in [1.29, 1.82) is 0 Å². The maximum atomic E-state index is 5.92. The van der Waals surface area contributed by atoms with Gasteiger partial charge in [-0.2, -0.15) is 4.98 Å². The second-order valence-corrected chi connectivity index (χ2v) is 4.99. The van der Waals surface area contributed by atoms with Gasteiger partial charge in [-0.15, -0.1) is 0 Å². The summed E-state index contributed by atoms with van der Waals surface area (Å²) in [6.07, 6.45) is 0. The fraction of sp³-hybridized carbons (Fsp3) is 0.111. The van der Waals surface area contributed by atoms with Gasteiger partial charge in [-0.25, -0.2) is 4.98 Å². The van der Waals surface area contributed by atoms with Crippen LogP contribution in [0.5, 0.6) is 11.5 Å². The average Bonchev–Trinajstić information content (AvgIpc) is 2.58. The molecule has 0 aliphatic carbocycles. The van der Waals surface area contributed by atoms with E-state index in [2.05, 4.69) is 21.8 Å². The molecule has 0 saturated heterocycles. The van der Waals surface area contributed by atoms with Crippen molar-refractivity contribution in [3.8, 4) is 23.3 Å². The van der Waals surface area contributed by atoms with Gasteiger partial charge < -0.3 is 20.9 Å². The van der Waals surface area contributed by atoms with Crippen molar-refractivity contribution < 1.29 is 9.47 Å². The van der Waals surface area contributed by atoms with Crippen molar-refractivity contribution >= 4 is 22.7 Å². The van der Waals surface area contributed by atoms with Crippen molar-refractivity contribution in [3.63, 3.8) is 0 Å². The molecule has 0 amide bonds. The molecule has 3 aromatic rings. The highest BCUT2D eigenvalue weighted by atomic mass is 16.5. The van der Waals surface area contributed by atoms with Crippen LogP contribution in [0.4, 0.5) is 11.8 Å². The molecule has 0 aliphatic heterocycles. The SMILES string of the molecule is COc1ccccc1C#Cc1cc(OC)c2c(N)nc(N)nc2c1. The van der Waals surface area contributed by atoms with Gasteiger partial charge in [0.15, 0.2) is 0 Å². The zero-order valence-electron chi connectivity index (χ0n) is 13.3. The van der Waals surface area contributed by atoms with Gasteiger partial charge in [-0.1, -0.05) is 24.0 Å². The molecule has 1 aromatic heterocycles. The number of nitrogen functional groups attached to an aromatic ring is 2. The van der Waals surface area contributed by atoms with E-state index >= 15 is 0 Å². The van der Waals surface area contributed by atoms with Gasteiger partial charge in [-0.05, 0) is 24.3 Å². The minimum absolute atomic E-state index is 0.108. The van der Waals surface area contributed by atoms with Gasteiger partial charge in [0.2, 0.25) is 5.95 Å². The minimum atomic E-state index is 0.108. The fourth-order valence-corrected chi connectivity index (χ4v) is 2.39. The van der Waals surface area contributed by atoms with Crippen LogP contribution in [0.1, 0.15) is 11.1 Å². The summed E-state index contributed by atoms with van der Waals surface area (Å²) in [6.45, 7) is 0. The number of anilines is 2. The Morgan fingerprint density at radius 3 is 2.42 bits per heavy atom. The van der Waals surface area contributed by atoms with E-state index in [1.165, 1.54) is 0 Å². The summed E-state index contributed by atoms with van der Waals surface area (Å²) in [5.74, 6) is 7.83. The van der Waals surface area contributed by atoms with E-state index in [9.17, 15) is 0 Å². The average molecular weight is 320 g/mol. The Morgan fingerprint density at radius 1 is 0.917 bits per heavy atom. The van der Waals surface area contributed by atoms with Crippen LogP contribution in [0.3, 0.4) is 0 Å². The largest absolute Gasteiger partial charge is 0.496 e. The lowest BCUT2D eigenvalue weighted by atomic mass is 10.1. The van der Waals surface area contributed by atoms with Crippen LogP contribution in [0.25, 0.3) is 10.9 Å². The molecule has 0 atom stereocenters. The van der Waals surface area contributed by atoms with Crippen molar-refractivity contribution in [1.82, 2.24) is 9.97 Å². The second-order valence-electron chi connectivity index (χ2n) is 4.99. The van der Waals surface area contributed by atoms with Crippen LogP contribution in [0.2, 0.25) is 0 Å². The Hall–Kier alpha value is -3.46. The quantitative estimate of drug-likeness (QED) is 0.703. The third-order valence-corrected chi connectivity index (χ3v) is 3.48. The van der Waals surface area contributed by atoms with Crippen LogP contribution >= 0.6 is 0 Å². The first-order valence-corrected chi connectivity index (χ1v) is 7.18. The van der Waals surface area contributed by atoms with E-state index in [-0.39, 0.29) is 11.8 Å². The molecular weight excluding hydrogens is 304 g/mol. The van der Waals surface area contributed by atoms with E-state index in [4.69, 9.17) is 20.9 Å². The van der Waals surface area contributed by atoms with Crippen LogP contribution in [0.15, 0.2) is 36.4 Å². The van der Waals surface area contributed by atoms with Gasteiger partial charge in [0.1, 0.15) is 17.3 Å². The molecule has 120 valence electrons. The van der Waals surface area contributed by atoms with E-state index in [0.29, 0.717) is 22.4 Å². The monoisotopic (exact) mass is 320 g/mol. The Kier molecular flexibility index (Phi) is 4.08. The molecule has 24 heavy (non-hydrogen) atoms. The van der Waals surface area contributed by atoms with Crippen molar-refractivity contribution in [2.45, 2.75) is 0 Å². The molecule has 6 heteroatoms. The summed E-state index contributed by atoms with van der Waals surface area (Å²) in [5.41, 5.74) is 13.7. The predicted molar refractivity (Wildman–Crippen MR) is 93.9 cm³/mol. The van der Waals surface area contributed by atoms with Gasteiger partial charge >= 0.3 is 0 Å². The summed E-state index contributed by atoms with van der Waals surface area (Å²) in [4.78, 5) is 8.18. The minimum Gasteiger partial charge on any atom is -0.496 e. The lowest BCUT2D eigenvalue weighted by molar-refractivity contribution is 0.413. The number of hydrogen-bond acceptors (Lipinski definition) is 6. The van der Waals surface area contributed by atoms with Crippen molar-refractivity contribution in [2.75, 3.05) is 25.7 Å². The number of rotatable bonds is 2. The number of benzene rings is 2. The van der Waals surface area contributed by atoms with E-state index in [1.807, 2.05) is 24.3 Å². The maximum Gasteiger partial charge on any atom is 0.222 e. The maximum absolute atomic E-state index is 5.92. The lowest BCUT2D eigenvalue weighted by Gasteiger charge is -2.08. The highest BCUT2D eigenvalue weighted by Crippen LogP contribution is 2.30. The number of nitrogens with two attached hydrogens (primary N) is 2. The Labute approximate surface area is 139 Å². The van der Waals surface area contributed by atoms with E-state index < -0.39 is 0 Å². The number of para-hydroxylation sites is 1. The summed E-state index contributed by atoms with van der Waals surface area (Å²) in [7, 11) is 3.17. The molecule has 0 fully saturated rings. The fourth-order valence-electron chi connectivity index (χ4n) is 2.39. The predicted octanol–water partition coefficient (Wildman–Crippen LogP) is 2.21. The topological polar surface area (TPSA) is 96.3 Å². The Morgan fingerprint density at radius 2 is 1.67 bits per heavy atom. The number of fused-ring (bicyclic) bond motifs is 1. The lowest BCUT2D eigenvalue weighted by Crippen LogP contribution is -2.02.